The molecule has 1 heterocycles. The Kier molecular flexibility index (Phi) is 10.3. The molecule has 0 aromatic heterocycles. The van der Waals surface area contributed by atoms with E-state index in [2.05, 4.69) is 26.1 Å². The Morgan fingerprint density at radius 2 is 1.56 bits per heavy atom. The maximum absolute atomic E-state index is 12.1. The summed E-state index contributed by atoms with van der Waals surface area (Å²) >= 11 is 0. The first-order valence-electron chi connectivity index (χ1n) is 11.9. The lowest BCUT2D eigenvalue weighted by Gasteiger charge is -2.47. The highest BCUT2D eigenvalue weighted by Crippen LogP contribution is 2.38. The summed E-state index contributed by atoms with van der Waals surface area (Å²) < 4.78 is 28.8. The number of nitrogens with one attached hydrogen (secondary N) is 1. The number of amides is 1. The summed E-state index contributed by atoms with van der Waals surface area (Å²) in [5.41, 5.74) is 0. The monoisotopic (exact) mass is 485 g/mol. The van der Waals surface area contributed by atoms with Crippen molar-refractivity contribution in [2.45, 2.75) is 104 Å². The van der Waals surface area contributed by atoms with Crippen LogP contribution in [0.1, 0.15) is 67.7 Å². The SMILES string of the molecule is CC(=O)N[C@@H]1[C@H](O[C@@H]2C[C@H](C)CC[C@@H]2C(C)C)O[C@H](COC(C)=O)[C@@H](OC(C)=O)[C@H]1OC(C)=O. The van der Waals surface area contributed by atoms with Gasteiger partial charge in [-0.3, -0.25) is 19.2 Å². The van der Waals surface area contributed by atoms with Gasteiger partial charge in [0.05, 0.1) is 6.10 Å². The zero-order valence-corrected chi connectivity index (χ0v) is 21.2. The largest absolute Gasteiger partial charge is 0.463 e. The van der Waals surface area contributed by atoms with Gasteiger partial charge in [0.1, 0.15) is 18.8 Å². The maximum Gasteiger partial charge on any atom is 0.303 e. The molecule has 1 saturated carbocycles. The molecule has 2 aliphatic rings. The molecule has 1 saturated heterocycles. The summed E-state index contributed by atoms with van der Waals surface area (Å²) in [6.07, 6.45) is -1.45. The first-order chi connectivity index (χ1) is 15.9. The van der Waals surface area contributed by atoms with Gasteiger partial charge in [0, 0.05) is 27.7 Å². The van der Waals surface area contributed by atoms with Crippen molar-refractivity contribution in [3.63, 3.8) is 0 Å². The van der Waals surface area contributed by atoms with Crippen molar-refractivity contribution in [3.05, 3.63) is 0 Å². The van der Waals surface area contributed by atoms with E-state index in [0.29, 0.717) is 11.8 Å². The van der Waals surface area contributed by atoms with Gasteiger partial charge in [-0.15, -0.1) is 0 Å². The predicted molar refractivity (Wildman–Crippen MR) is 120 cm³/mol. The molecule has 1 amide bonds. The van der Waals surface area contributed by atoms with E-state index < -0.39 is 54.5 Å². The van der Waals surface area contributed by atoms with Crippen LogP contribution in [0.15, 0.2) is 0 Å². The van der Waals surface area contributed by atoms with Gasteiger partial charge in [0.2, 0.25) is 5.91 Å². The van der Waals surface area contributed by atoms with Crippen molar-refractivity contribution in [3.8, 4) is 0 Å². The Hall–Kier alpha value is -2.20. The van der Waals surface area contributed by atoms with E-state index in [1.807, 2.05) is 0 Å². The first-order valence-corrected chi connectivity index (χ1v) is 11.9. The molecule has 10 nitrogen and oxygen atoms in total. The Bertz CT molecular complexity index is 740. The fraction of sp³-hybridized carbons (Fsp3) is 0.833. The van der Waals surface area contributed by atoms with Gasteiger partial charge < -0.3 is 29.0 Å². The first kappa shape index (κ1) is 28.0. The Balaban J connectivity index is 2.43. The quantitative estimate of drug-likeness (QED) is 0.406. The second-order valence-electron chi connectivity index (χ2n) is 9.72. The lowest BCUT2D eigenvalue weighted by atomic mass is 9.75. The number of ether oxygens (including phenoxy) is 5. The molecule has 10 heteroatoms. The van der Waals surface area contributed by atoms with Crippen molar-refractivity contribution in [2.75, 3.05) is 6.61 Å². The van der Waals surface area contributed by atoms with Crippen LogP contribution in [0.3, 0.4) is 0 Å². The van der Waals surface area contributed by atoms with E-state index in [9.17, 15) is 19.2 Å². The van der Waals surface area contributed by atoms with Gasteiger partial charge in [0.15, 0.2) is 18.5 Å². The Morgan fingerprint density at radius 3 is 2.09 bits per heavy atom. The molecule has 1 aliphatic heterocycles. The van der Waals surface area contributed by atoms with Crippen LogP contribution in [0.5, 0.6) is 0 Å². The van der Waals surface area contributed by atoms with Crippen molar-refractivity contribution in [1.29, 1.82) is 0 Å². The summed E-state index contributed by atoms with van der Waals surface area (Å²) in [7, 11) is 0. The molecule has 0 aromatic carbocycles. The highest BCUT2D eigenvalue weighted by atomic mass is 16.7. The summed E-state index contributed by atoms with van der Waals surface area (Å²) in [5, 5.41) is 2.76. The average Bonchev–Trinajstić information content (AvgIpc) is 2.69. The van der Waals surface area contributed by atoms with Crippen LogP contribution >= 0.6 is 0 Å². The zero-order chi connectivity index (χ0) is 25.6. The van der Waals surface area contributed by atoms with Crippen LogP contribution in [0.4, 0.5) is 0 Å². The van der Waals surface area contributed by atoms with Crippen LogP contribution in [0, 0.1) is 17.8 Å². The van der Waals surface area contributed by atoms with E-state index in [-0.39, 0.29) is 18.6 Å². The van der Waals surface area contributed by atoms with Crippen LogP contribution in [0.2, 0.25) is 0 Å². The van der Waals surface area contributed by atoms with Crippen molar-refractivity contribution in [2.24, 2.45) is 17.8 Å². The minimum absolute atomic E-state index is 0.150. The number of rotatable bonds is 8. The van der Waals surface area contributed by atoms with E-state index in [1.54, 1.807) is 0 Å². The third-order valence-electron chi connectivity index (χ3n) is 6.34. The van der Waals surface area contributed by atoms with Gasteiger partial charge in [0.25, 0.3) is 0 Å². The fourth-order valence-corrected chi connectivity index (χ4v) is 4.85. The minimum atomic E-state index is -1.12. The van der Waals surface area contributed by atoms with E-state index in [0.717, 1.165) is 19.3 Å². The number of carbonyl (C=O) groups excluding carboxylic acids is 4. The Labute approximate surface area is 201 Å². The number of esters is 3. The van der Waals surface area contributed by atoms with Crippen molar-refractivity contribution >= 4 is 23.8 Å². The third kappa shape index (κ3) is 7.94. The maximum atomic E-state index is 12.1. The van der Waals surface area contributed by atoms with Crippen LogP contribution in [-0.2, 0) is 42.9 Å². The molecule has 1 aliphatic carbocycles. The lowest BCUT2D eigenvalue weighted by Crippen LogP contribution is -2.67. The van der Waals surface area contributed by atoms with Crippen LogP contribution in [0.25, 0.3) is 0 Å². The minimum Gasteiger partial charge on any atom is -0.463 e. The molecule has 8 atom stereocenters. The molecule has 1 N–H and O–H groups in total. The number of hydrogen-bond donors (Lipinski definition) is 1. The van der Waals surface area contributed by atoms with E-state index in [1.165, 1.54) is 27.7 Å². The standard InChI is InChI=1S/C24H39NO9/c1-12(2)18-9-8-13(3)10-19(18)33-24-21(25-14(4)26)23(32-17(7)29)22(31-16(6)28)20(34-24)11-30-15(5)27/h12-13,18-24H,8-11H2,1-7H3,(H,25,26)/t13-,18-,19-,20-,21+,22-,23+,24-/m1/s1. The molecule has 34 heavy (non-hydrogen) atoms. The van der Waals surface area contributed by atoms with Gasteiger partial charge in [-0.1, -0.05) is 27.2 Å². The summed E-state index contributed by atoms with van der Waals surface area (Å²) in [4.78, 5) is 47.4. The number of hydrogen-bond acceptors (Lipinski definition) is 9. The zero-order valence-electron chi connectivity index (χ0n) is 21.2. The van der Waals surface area contributed by atoms with Crippen molar-refractivity contribution < 1.29 is 42.9 Å². The third-order valence-corrected chi connectivity index (χ3v) is 6.34. The second-order valence-corrected chi connectivity index (χ2v) is 9.72. The van der Waals surface area contributed by atoms with Gasteiger partial charge >= 0.3 is 17.9 Å². The summed E-state index contributed by atoms with van der Waals surface area (Å²) in [5.74, 6) is -1.10. The topological polar surface area (TPSA) is 126 Å². The normalized spacial score (nSPS) is 33.6. The highest BCUT2D eigenvalue weighted by Gasteiger charge is 2.52. The second kappa shape index (κ2) is 12.5. The van der Waals surface area contributed by atoms with E-state index >= 15 is 0 Å². The van der Waals surface area contributed by atoms with Crippen LogP contribution < -0.4 is 5.32 Å². The molecular formula is C24H39NO9. The molecule has 0 unspecified atom stereocenters. The fourth-order valence-electron chi connectivity index (χ4n) is 4.85. The van der Waals surface area contributed by atoms with E-state index in [4.69, 9.17) is 23.7 Å². The van der Waals surface area contributed by atoms with Gasteiger partial charge in [-0.25, -0.2) is 0 Å². The molecular weight excluding hydrogens is 446 g/mol. The van der Waals surface area contributed by atoms with Crippen molar-refractivity contribution in [1.82, 2.24) is 5.32 Å². The van der Waals surface area contributed by atoms with Gasteiger partial charge in [-0.05, 0) is 30.6 Å². The van der Waals surface area contributed by atoms with Gasteiger partial charge in [-0.2, -0.15) is 0 Å². The number of carbonyl (C=O) groups is 4. The lowest BCUT2D eigenvalue weighted by molar-refractivity contribution is -0.295. The average molecular weight is 486 g/mol. The molecule has 0 radical (unpaired) electrons. The van der Waals surface area contributed by atoms with Crippen LogP contribution in [-0.4, -0.2) is 67.2 Å². The molecule has 194 valence electrons. The molecule has 2 fully saturated rings. The smallest absolute Gasteiger partial charge is 0.303 e. The molecule has 2 rings (SSSR count). The molecule has 0 aromatic rings. The summed E-state index contributed by atoms with van der Waals surface area (Å²) in [6, 6.07) is -0.940. The summed E-state index contributed by atoms with van der Waals surface area (Å²) in [6.45, 7) is 11.2. The highest BCUT2D eigenvalue weighted by molar-refractivity contribution is 5.73. The predicted octanol–water partition coefficient (Wildman–Crippen LogP) is 2.12. The molecule has 0 spiro atoms. The molecule has 0 bridgehead atoms. The Morgan fingerprint density at radius 1 is 0.941 bits per heavy atom.